The average Bonchev–Trinajstić information content (AvgIpc) is 2.31. The Labute approximate surface area is 119 Å². The maximum Gasteiger partial charge on any atom is 0.265 e. The van der Waals surface area contributed by atoms with E-state index in [1.807, 2.05) is 18.2 Å². The molecule has 4 nitrogen and oxygen atoms in total. The van der Waals surface area contributed by atoms with Crippen molar-refractivity contribution in [3.63, 3.8) is 0 Å². The molecule has 1 amide bonds. The van der Waals surface area contributed by atoms with E-state index in [1.54, 1.807) is 4.90 Å². The zero-order valence-corrected chi connectivity index (χ0v) is 12.1. The number of amides is 1. The maximum atomic E-state index is 11.9. The Morgan fingerprint density at radius 2 is 2.33 bits per heavy atom. The fraction of sp³-hybridized carbons (Fsp3) is 0.333. The van der Waals surface area contributed by atoms with Crippen LogP contribution in [0.1, 0.15) is 12.8 Å². The van der Waals surface area contributed by atoms with Gasteiger partial charge in [-0.2, -0.15) is 0 Å². The molecule has 0 saturated heterocycles. The van der Waals surface area contributed by atoms with Crippen molar-refractivity contribution >= 4 is 44.7 Å². The molecule has 0 aromatic heterocycles. The molecule has 2 N–H and O–H groups in total. The van der Waals surface area contributed by atoms with E-state index in [0.29, 0.717) is 18.0 Å². The Kier molecular flexibility index (Phi) is 4.19. The lowest BCUT2D eigenvalue weighted by Gasteiger charge is -2.29. The van der Waals surface area contributed by atoms with Crippen LogP contribution in [-0.2, 0) is 4.79 Å². The van der Waals surface area contributed by atoms with Crippen LogP contribution in [0.15, 0.2) is 22.7 Å². The summed E-state index contributed by atoms with van der Waals surface area (Å²) in [6, 6.07) is 5.63. The summed E-state index contributed by atoms with van der Waals surface area (Å²) in [6.45, 7) is 0.685. The van der Waals surface area contributed by atoms with Crippen molar-refractivity contribution in [1.29, 1.82) is 0 Å². The molecule has 0 fully saturated rings. The predicted molar refractivity (Wildman–Crippen MR) is 78.0 cm³/mol. The van der Waals surface area contributed by atoms with Gasteiger partial charge >= 0.3 is 0 Å². The lowest BCUT2D eigenvalue weighted by molar-refractivity contribution is -0.121. The summed E-state index contributed by atoms with van der Waals surface area (Å²) in [7, 11) is 0. The highest BCUT2D eigenvalue weighted by Crippen LogP contribution is 2.34. The topological polar surface area (TPSA) is 55.6 Å². The number of rotatable bonds is 4. The van der Waals surface area contributed by atoms with E-state index in [4.69, 9.17) is 22.7 Å². The Balaban J connectivity index is 2.16. The van der Waals surface area contributed by atoms with Gasteiger partial charge in [-0.05, 0) is 31.0 Å². The second kappa shape index (κ2) is 5.67. The highest BCUT2D eigenvalue weighted by molar-refractivity contribution is 9.10. The third-order valence-electron chi connectivity index (χ3n) is 2.67. The fourth-order valence-corrected chi connectivity index (χ4v) is 2.33. The van der Waals surface area contributed by atoms with Gasteiger partial charge in [-0.25, -0.2) is 0 Å². The van der Waals surface area contributed by atoms with Gasteiger partial charge in [-0.1, -0.05) is 28.1 Å². The van der Waals surface area contributed by atoms with E-state index in [2.05, 4.69) is 15.9 Å². The minimum atomic E-state index is -0.0384. The standard InChI is InChI=1S/C12H13BrN2O2S/c13-8-3-4-10-9(6-8)15(12(16)7-17-10)5-1-2-11(14)18/h3-4,6H,1-2,5,7H2,(H2,14,18). The normalized spacial score (nSPS) is 14.1. The van der Waals surface area contributed by atoms with Crippen LogP contribution < -0.4 is 15.4 Å². The maximum absolute atomic E-state index is 11.9. The molecule has 0 spiro atoms. The molecule has 1 aliphatic rings. The lowest BCUT2D eigenvalue weighted by atomic mass is 10.2. The van der Waals surface area contributed by atoms with Crippen LogP contribution in [0.2, 0.25) is 0 Å². The van der Waals surface area contributed by atoms with Crippen LogP contribution in [-0.4, -0.2) is 24.0 Å². The molecule has 1 heterocycles. The largest absolute Gasteiger partial charge is 0.482 e. The van der Waals surface area contributed by atoms with Crippen molar-refractivity contribution in [2.75, 3.05) is 18.1 Å². The van der Waals surface area contributed by atoms with Crippen LogP contribution in [0.25, 0.3) is 0 Å². The molecule has 18 heavy (non-hydrogen) atoms. The van der Waals surface area contributed by atoms with E-state index in [9.17, 15) is 4.79 Å². The van der Waals surface area contributed by atoms with Crippen LogP contribution in [0.5, 0.6) is 5.75 Å². The number of nitrogens with zero attached hydrogens (tertiary/aromatic N) is 1. The number of carbonyl (C=O) groups is 1. The molecule has 1 aliphatic heterocycles. The van der Waals surface area contributed by atoms with Crippen molar-refractivity contribution in [1.82, 2.24) is 0 Å². The van der Waals surface area contributed by atoms with E-state index >= 15 is 0 Å². The van der Waals surface area contributed by atoms with Gasteiger partial charge in [0.15, 0.2) is 6.61 Å². The second-order valence-electron chi connectivity index (χ2n) is 4.02. The molecule has 2 rings (SSSR count). The third kappa shape index (κ3) is 3.00. The molecule has 1 aromatic rings. The van der Waals surface area contributed by atoms with E-state index in [-0.39, 0.29) is 12.5 Å². The fourth-order valence-electron chi connectivity index (χ4n) is 1.83. The van der Waals surface area contributed by atoms with Crippen molar-refractivity contribution in [2.24, 2.45) is 5.73 Å². The number of anilines is 1. The average molecular weight is 329 g/mol. The first-order chi connectivity index (χ1) is 8.58. The summed E-state index contributed by atoms with van der Waals surface area (Å²) < 4.78 is 6.30. The van der Waals surface area contributed by atoms with Gasteiger partial charge in [-0.15, -0.1) is 0 Å². The summed E-state index contributed by atoms with van der Waals surface area (Å²) in [6.07, 6.45) is 1.40. The van der Waals surface area contributed by atoms with Gasteiger partial charge < -0.3 is 15.4 Å². The monoisotopic (exact) mass is 328 g/mol. The first kappa shape index (κ1) is 13.3. The number of hydrogen-bond acceptors (Lipinski definition) is 3. The van der Waals surface area contributed by atoms with Crippen molar-refractivity contribution < 1.29 is 9.53 Å². The third-order valence-corrected chi connectivity index (χ3v) is 3.37. The molecule has 0 saturated carbocycles. The summed E-state index contributed by atoms with van der Waals surface area (Å²) in [5.74, 6) is 0.691. The predicted octanol–water partition coefficient (Wildman–Crippen LogP) is 2.24. The van der Waals surface area contributed by atoms with Crippen molar-refractivity contribution in [2.45, 2.75) is 12.8 Å². The van der Waals surface area contributed by atoms with Crippen LogP contribution >= 0.6 is 28.1 Å². The quantitative estimate of drug-likeness (QED) is 0.861. The second-order valence-corrected chi connectivity index (χ2v) is 5.46. The first-order valence-corrected chi connectivity index (χ1v) is 6.79. The molecule has 0 aliphatic carbocycles. The molecule has 0 unspecified atom stereocenters. The summed E-state index contributed by atoms with van der Waals surface area (Å²) in [5.41, 5.74) is 6.25. The van der Waals surface area contributed by atoms with Gasteiger partial charge in [0.05, 0.1) is 10.7 Å². The van der Waals surface area contributed by atoms with E-state index < -0.39 is 0 Å². The van der Waals surface area contributed by atoms with Gasteiger partial charge in [-0.3, -0.25) is 4.79 Å². The summed E-state index contributed by atoms with van der Waals surface area (Å²) in [5, 5.41) is 0. The number of thiocarbonyl (C=S) groups is 1. The number of carbonyl (C=O) groups excluding carboxylic acids is 1. The number of hydrogen-bond donors (Lipinski definition) is 1. The minimum absolute atomic E-state index is 0.0384. The van der Waals surface area contributed by atoms with Gasteiger partial charge in [0.25, 0.3) is 5.91 Å². The molecule has 0 radical (unpaired) electrons. The van der Waals surface area contributed by atoms with Crippen molar-refractivity contribution in [3.8, 4) is 5.75 Å². The van der Waals surface area contributed by atoms with Crippen LogP contribution in [0.4, 0.5) is 5.69 Å². The highest BCUT2D eigenvalue weighted by atomic mass is 79.9. The highest BCUT2D eigenvalue weighted by Gasteiger charge is 2.25. The van der Waals surface area contributed by atoms with Crippen LogP contribution in [0, 0.1) is 0 Å². The van der Waals surface area contributed by atoms with Gasteiger partial charge in [0.1, 0.15) is 5.75 Å². The molecule has 0 atom stereocenters. The zero-order chi connectivity index (χ0) is 13.1. The molecule has 1 aromatic carbocycles. The molecule has 0 bridgehead atoms. The van der Waals surface area contributed by atoms with E-state index in [1.165, 1.54) is 0 Å². The molecule has 96 valence electrons. The number of halogens is 1. The van der Waals surface area contributed by atoms with E-state index in [0.717, 1.165) is 22.3 Å². The summed E-state index contributed by atoms with van der Waals surface area (Å²) >= 11 is 8.23. The summed E-state index contributed by atoms with van der Waals surface area (Å²) in [4.78, 5) is 14.1. The van der Waals surface area contributed by atoms with Crippen molar-refractivity contribution in [3.05, 3.63) is 22.7 Å². The Morgan fingerprint density at radius 1 is 1.56 bits per heavy atom. The molecular weight excluding hydrogens is 316 g/mol. The first-order valence-electron chi connectivity index (χ1n) is 5.59. The van der Waals surface area contributed by atoms with Crippen LogP contribution in [0.3, 0.4) is 0 Å². The number of nitrogens with two attached hydrogens (primary N) is 1. The number of fused-ring (bicyclic) bond motifs is 1. The Bertz CT molecular complexity index is 493. The molecule has 6 heteroatoms. The lowest BCUT2D eigenvalue weighted by Crippen LogP contribution is -2.39. The Hall–Kier alpha value is -1.14. The molecular formula is C12H13BrN2O2S. The smallest absolute Gasteiger partial charge is 0.265 e. The van der Waals surface area contributed by atoms with Gasteiger partial charge in [0, 0.05) is 11.0 Å². The number of ether oxygens (including phenoxy) is 1. The van der Waals surface area contributed by atoms with Gasteiger partial charge in [0.2, 0.25) is 0 Å². The minimum Gasteiger partial charge on any atom is -0.482 e. The Morgan fingerprint density at radius 3 is 3.06 bits per heavy atom. The number of benzene rings is 1. The SMILES string of the molecule is NC(=S)CCCN1C(=O)COc2ccc(Br)cc21. The zero-order valence-electron chi connectivity index (χ0n) is 9.69.